The molecule has 17 heavy (non-hydrogen) atoms. The third kappa shape index (κ3) is 2.35. The quantitative estimate of drug-likeness (QED) is 0.796. The number of morpholine rings is 1. The second-order valence-corrected chi connectivity index (χ2v) is 4.00. The van der Waals surface area contributed by atoms with Gasteiger partial charge >= 0.3 is 0 Å². The molecule has 0 aliphatic carbocycles. The van der Waals surface area contributed by atoms with Crippen molar-refractivity contribution in [2.45, 2.75) is 13.0 Å². The first kappa shape index (κ1) is 12.1. The fourth-order valence-corrected chi connectivity index (χ4v) is 1.76. The summed E-state index contributed by atoms with van der Waals surface area (Å²) in [5.74, 6) is -2.52. The highest BCUT2D eigenvalue weighted by Crippen LogP contribution is 2.17. The molecule has 1 N–H and O–H groups in total. The lowest BCUT2D eigenvalue weighted by Gasteiger charge is -2.22. The van der Waals surface area contributed by atoms with Crippen LogP contribution in [0.1, 0.15) is 15.9 Å². The molecule has 0 radical (unpaired) electrons. The van der Waals surface area contributed by atoms with Crippen molar-refractivity contribution in [3.63, 3.8) is 0 Å². The lowest BCUT2D eigenvalue weighted by atomic mass is 10.0. The van der Waals surface area contributed by atoms with Crippen LogP contribution in [0.5, 0.6) is 0 Å². The summed E-state index contributed by atoms with van der Waals surface area (Å²) in [5, 5.41) is 2.91. The van der Waals surface area contributed by atoms with Crippen LogP contribution in [0.4, 0.5) is 8.78 Å². The van der Waals surface area contributed by atoms with Gasteiger partial charge in [-0.1, -0.05) is 6.07 Å². The van der Waals surface area contributed by atoms with Gasteiger partial charge in [0.25, 0.3) is 0 Å². The molecule has 1 aromatic carbocycles. The normalized spacial score (nSPS) is 20.3. The van der Waals surface area contributed by atoms with Crippen molar-refractivity contribution in [1.29, 1.82) is 0 Å². The van der Waals surface area contributed by atoms with Crippen LogP contribution in [0.2, 0.25) is 0 Å². The molecule has 0 aromatic heterocycles. The molecule has 3 nitrogen and oxygen atoms in total. The summed E-state index contributed by atoms with van der Waals surface area (Å²) in [5.41, 5.74) is -0.0389. The van der Waals surface area contributed by atoms with E-state index >= 15 is 0 Å². The van der Waals surface area contributed by atoms with Crippen LogP contribution in [-0.2, 0) is 4.74 Å². The number of carbonyl (C=O) groups is 1. The molecule has 2 rings (SSSR count). The summed E-state index contributed by atoms with van der Waals surface area (Å²) < 4.78 is 32.1. The van der Waals surface area contributed by atoms with E-state index in [9.17, 15) is 13.6 Å². The van der Waals surface area contributed by atoms with E-state index in [1.54, 1.807) is 0 Å². The Kier molecular flexibility index (Phi) is 3.49. The van der Waals surface area contributed by atoms with E-state index in [0.717, 1.165) is 0 Å². The number of carbonyl (C=O) groups excluding carboxylic acids is 1. The molecule has 1 aromatic rings. The van der Waals surface area contributed by atoms with Crippen LogP contribution in [-0.4, -0.2) is 31.6 Å². The van der Waals surface area contributed by atoms with E-state index in [2.05, 4.69) is 5.32 Å². The average molecular weight is 241 g/mol. The molecule has 0 spiro atoms. The van der Waals surface area contributed by atoms with Crippen molar-refractivity contribution in [1.82, 2.24) is 5.32 Å². The molecule has 0 amide bonds. The Bertz CT molecular complexity index is 442. The maximum Gasteiger partial charge on any atom is 0.185 e. The standard InChI is InChI=1S/C12H13F2NO2/c1-7-2-3-8(11(14)10(7)13)12(16)9-6-17-5-4-15-9/h2-3,9,15H,4-6H2,1H3. The SMILES string of the molecule is Cc1ccc(C(=O)C2COCCN2)c(F)c1F. The Hall–Kier alpha value is -1.33. The summed E-state index contributed by atoms with van der Waals surface area (Å²) in [7, 11) is 0. The zero-order valence-corrected chi connectivity index (χ0v) is 9.43. The minimum atomic E-state index is -1.08. The van der Waals surface area contributed by atoms with Gasteiger partial charge in [-0.3, -0.25) is 4.79 Å². The van der Waals surface area contributed by atoms with Gasteiger partial charge in [0.1, 0.15) is 0 Å². The van der Waals surface area contributed by atoms with Crippen LogP contribution >= 0.6 is 0 Å². The van der Waals surface area contributed by atoms with E-state index in [1.165, 1.54) is 19.1 Å². The summed E-state index contributed by atoms with van der Waals surface area (Å²) in [6.45, 7) is 2.70. The molecule has 0 saturated carbocycles. The molecule has 1 saturated heterocycles. The molecule has 0 bridgehead atoms. The zero-order chi connectivity index (χ0) is 12.4. The summed E-state index contributed by atoms with van der Waals surface area (Å²) in [6, 6.07) is 2.11. The first-order valence-corrected chi connectivity index (χ1v) is 5.41. The highest BCUT2D eigenvalue weighted by atomic mass is 19.2. The first-order chi connectivity index (χ1) is 8.11. The molecule has 1 aliphatic rings. The predicted molar refractivity (Wildman–Crippen MR) is 58.0 cm³/mol. The van der Waals surface area contributed by atoms with Gasteiger partial charge in [-0.2, -0.15) is 0 Å². The molecule has 1 unspecified atom stereocenters. The van der Waals surface area contributed by atoms with Crippen LogP contribution in [0.3, 0.4) is 0 Å². The van der Waals surface area contributed by atoms with Crippen LogP contribution in [0, 0.1) is 18.6 Å². The number of hydrogen-bond acceptors (Lipinski definition) is 3. The van der Waals surface area contributed by atoms with Crippen molar-refractivity contribution < 1.29 is 18.3 Å². The molecule has 5 heteroatoms. The predicted octanol–water partition coefficient (Wildman–Crippen LogP) is 1.44. The van der Waals surface area contributed by atoms with Gasteiger partial charge in [0.15, 0.2) is 17.4 Å². The minimum absolute atomic E-state index is 0.187. The fraction of sp³-hybridized carbons (Fsp3) is 0.417. The number of aryl methyl sites for hydroxylation is 1. The second kappa shape index (κ2) is 4.89. The number of hydrogen-bond donors (Lipinski definition) is 1. The van der Waals surface area contributed by atoms with Crippen molar-refractivity contribution in [2.24, 2.45) is 0 Å². The Morgan fingerprint density at radius 3 is 2.82 bits per heavy atom. The number of rotatable bonds is 2. The molecular weight excluding hydrogens is 228 g/mol. The van der Waals surface area contributed by atoms with Crippen molar-refractivity contribution in [2.75, 3.05) is 19.8 Å². The Morgan fingerprint density at radius 1 is 1.41 bits per heavy atom. The van der Waals surface area contributed by atoms with Crippen LogP contribution < -0.4 is 5.32 Å². The van der Waals surface area contributed by atoms with Crippen molar-refractivity contribution in [3.05, 3.63) is 34.9 Å². The summed E-state index contributed by atoms with van der Waals surface area (Å²) in [6.07, 6.45) is 0. The number of ketones is 1. The smallest absolute Gasteiger partial charge is 0.185 e. The van der Waals surface area contributed by atoms with Gasteiger partial charge in [-0.15, -0.1) is 0 Å². The number of benzene rings is 1. The van der Waals surface area contributed by atoms with E-state index < -0.39 is 23.5 Å². The largest absolute Gasteiger partial charge is 0.378 e. The minimum Gasteiger partial charge on any atom is -0.378 e. The Morgan fingerprint density at radius 2 is 2.18 bits per heavy atom. The van der Waals surface area contributed by atoms with E-state index in [-0.39, 0.29) is 17.7 Å². The summed E-state index contributed by atoms with van der Waals surface area (Å²) >= 11 is 0. The maximum atomic E-state index is 13.6. The van der Waals surface area contributed by atoms with Gasteiger partial charge in [0.05, 0.1) is 24.8 Å². The van der Waals surface area contributed by atoms with Gasteiger partial charge in [-0.05, 0) is 18.6 Å². The maximum absolute atomic E-state index is 13.6. The van der Waals surface area contributed by atoms with Gasteiger partial charge < -0.3 is 10.1 Å². The van der Waals surface area contributed by atoms with Crippen molar-refractivity contribution in [3.8, 4) is 0 Å². The lowest BCUT2D eigenvalue weighted by Crippen LogP contribution is -2.46. The average Bonchev–Trinajstić information content (AvgIpc) is 2.36. The van der Waals surface area contributed by atoms with Crippen molar-refractivity contribution >= 4 is 5.78 Å². The molecule has 1 heterocycles. The second-order valence-electron chi connectivity index (χ2n) is 4.00. The third-order valence-corrected chi connectivity index (χ3v) is 2.78. The van der Waals surface area contributed by atoms with E-state index in [4.69, 9.17) is 4.74 Å². The fourth-order valence-electron chi connectivity index (χ4n) is 1.76. The lowest BCUT2D eigenvalue weighted by molar-refractivity contribution is 0.0604. The topological polar surface area (TPSA) is 38.3 Å². The number of Topliss-reactive ketones (excluding diaryl/α,β-unsaturated/α-hetero) is 1. The Labute approximate surface area is 97.8 Å². The Balaban J connectivity index is 2.27. The van der Waals surface area contributed by atoms with Gasteiger partial charge in [0, 0.05) is 6.54 Å². The number of halogens is 2. The highest BCUT2D eigenvalue weighted by Gasteiger charge is 2.26. The van der Waals surface area contributed by atoms with E-state index in [1.807, 2.05) is 0 Å². The number of ether oxygens (including phenoxy) is 1. The molecule has 1 aliphatic heterocycles. The zero-order valence-electron chi connectivity index (χ0n) is 9.43. The summed E-state index contributed by atoms with van der Waals surface area (Å²) in [4.78, 5) is 11.9. The number of nitrogens with one attached hydrogen (secondary N) is 1. The van der Waals surface area contributed by atoms with Gasteiger partial charge in [0.2, 0.25) is 0 Å². The van der Waals surface area contributed by atoms with E-state index in [0.29, 0.717) is 13.2 Å². The highest BCUT2D eigenvalue weighted by molar-refractivity contribution is 6.00. The molecular formula is C12H13F2NO2. The molecule has 92 valence electrons. The monoisotopic (exact) mass is 241 g/mol. The third-order valence-electron chi connectivity index (χ3n) is 2.78. The first-order valence-electron chi connectivity index (χ1n) is 5.41. The van der Waals surface area contributed by atoms with Crippen LogP contribution in [0.15, 0.2) is 12.1 Å². The van der Waals surface area contributed by atoms with Crippen LogP contribution in [0.25, 0.3) is 0 Å². The van der Waals surface area contributed by atoms with Gasteiger partial charge in [-0.25, -0.2) is 8.78 Å². The molecule has 1 fully saturated rings. The molecule has 1 atom stereocenters.